The topological polar surface area (TPSA) is 114 Å². The number of imide groups is 1. The van der Waals surface area contributed by atoms with Gasteiger partial charge in [0, 0.05) is 5.69 Å². The van der Waals surface area contributed by atoms with Gasteiger partial charge in [-0.3, -0.25) is 24.1 Å². The standard InChI is InChI=1S/C28H23BrClN3O6S/c1-2-38-22-13-17(12-19(29)26(22)39-16-25(35)31-18-8-4-3-5-9-18)14-23-27(36)33(28(37)40-23)15-24(34)32-21-11-7-6-10-20(21)30/h3-14H,2,15-16H2,1H3,(H,31,35)(H,32,34)/b23-14+. The Balaban J connectivity index is 1.45. The molecular weight excluding hydrogens is 622 g/mol. The molecule has 0 saturated carbocycles. The summed E-state index contributed by atoms with van der Waals surface area (Å²) in [6, 6.07) is 19.0. The first-order valence-corrected chi connectivity index (χ1v) is 14.0. The van der Waals surface area contributed by atoms with Crippen molar-refractivity contribution in [2.75, 3.05) is 30.4 Å². The SMILES string of the molecule is CCOc1cc(/C=C2/SC(=O)N(CC(=O)Nc3ccccc3Cl)C2=O)cc(Br)c1OCC(=O)Nc1ccccc1. The molecule has 1 fully saturated rings. The van der Waals surface area contributed by atoms with E-state index in [1.165, 1.54) is 6.08 Å². The second kappa shape index (κ2) is 13.5. The third kappa shape index (κ3) is 7.44. The van der Waals surface area contributed by atoms with Crippen LogP contribution in [0.2, 0.25) is 5.02 Å². The fourth-order valence-electron chi connectivity index (χ4n) is 3.61. The smallest absolute Gasteiger partial charge is 0.294 e. The predicted octanol–water partition coefficient (Wildman–Crippen LogP) is 6.19. The maximum Gasteiger partial charge on any atom is 0.294 e. The fraction of sp³-hybridized carbons (Fsp3) is 0.143. The van der Waals surface area contributed by atoms with Gasteiger partial charge in [0.25, 0.3) is 17.1 Å². The fourth-order valence-corrected chi connectivity index (χ4v) is 5.21. The molecule has 12 heteroatoms. The van der Waals surface area contributed by atoms with Crippen LogP contribution in [0.25, 0.3) is 6.08 Å². The molecule has 0 aromatic heterocycles. The van der Waals surface area contributed by atoms with Gasteiger partial charge in [0.15, 0.2) is 18.1 Å². The van der Waals surface area contributed by atoms with Crippen molar-refractivity contribution in [2.45, 2.75) is 6.92 Å². The molecule has 9 nitrogen and oxygen atoms in total. The van der Waals surface area contributed by atoms with Gasteiger partial charge in [-0.05, 0) is 82.7 Å². The Morgan fingerprint density at radius 3 is 2.45 bits per heavy atom. The molecule has 2 N–H and O–H groups in total. The van der Waals surface area contributed by atoms with Gasteiger partial charge < -0.3 is 20.1 Å². The molecule has 1 aliphatic heterocycles. The van der Waals surface area contributed by atoms with Gasteiger partial charge in [0.1, 0.15) is 6.54 Å². The lowest BCUT2D eigenvalue weighted by Crippen LogP contribution is -2.36. The highest BCUT2D eigenvalue weighted by atomic mass is 79.9. The Morgan fingerprint density at radius 1 is 1.00 bits per heavy atom. The minimum absolute atomic E-state index is 0.140. The number of anilines is 2. The summed E-state index contributed by atoms with van der Waals surface area (Å²) in [7, 11) is 0. The number of carbonyl (C=O) groups is 4. The third-order valence-corrected chi connectivity index (χ3v) is 7.18. The zero-order valence-corrected chi connectivity index (χ0v) is 24.3. The summed E-state index contributed by atoms with van der Waals surface area (Å²) < 4.78 is 11.9. The minimum Gasteiger partial charge on any atom is -0.490 e. The number of nitrogens with one attached hydrogen (secondary N) is 2. The Labute approximate surface area is 248 Å². The van der Waals surface area contributed by atoms with Crippen molar-refractivity contribution in [2.24, 2.45) is 0 Å². The molecule has 4 amide bonds. The van der Waals surface area contributed by atoms with Crippen LogP contribution in [-0.2, 0) is 14.4 Å². The molecule has 40 heavy (non-hydrogen) atoms. The largest absolute Gasteiger partial charge is 0.490 e. The number of halogens is 2. The van der Waals surface area contributed by atoms with Crippen LogP contribution in [0.4, 0.5) is 16.2 Å². The average Bonchev–Trinajstić information content (AvgIpc) is 3.17. The number of benzene rings is 3. The van der Waals surface area contributed by atoms with E-state index >= 15 is 0 Å². The molecule has 3 aromatic carbocycles. The maximum atomic E-state index is 13.0. The number of rotatable bonds is 10. The van der Waals surface area contributed by atoms with Crippen molar-refractivity contribution in [1.29, 1.82) is 0 Å². The Bertz CT molecular complexity index is 1480. The first kappa shape index (κ1) is 29.2. The number of hydrogen-bond donors (Lipinski definition) is 2. The first-order chi connectivity index (χ1) is 19.2. The lowest BCUT2D eigenvalue weighted by molar-refractivity contribution is -0.127. The number of amides is 4. The number of hydrogen-bond acceptors (Lipinski definition) is 7. The summed E-state index contributed by atoms with van der Waals surface area (Å²) in [4.78, 5) is 51.3. The van der Waals surface area contributed by atoms with Crippen molar-refractivity contribution < 1.29 is 28.7 Å². The van der Waals surface area contributed by atoms with Crippen LogP contribution in [0, 0.1) is 0 Å². The predicted molar refractivity (Wildman–Crippen MR) is 159 cm³/mol. The van der Waals surface area contributed by atoms with E-state index in [4.69, 9.17) is 21.1 Å². The van der Waals surface area contributed by atoms with E-state index < -0.39 is 23.6 Å². The highest BCUT2D eigenvalue weighted by Crippen LogP contribution is 2.39. The molecule has 206 valence electrons. The second-order valence-electron chi connectivity index (χ2n) is 8.26. The number of carbonyl (C=O) groups excluding carboxylic acids is 4. The van der Waals surface area contributed by atoms with Gasteiger partial charge in [0.05, 0.1) is 26.7 Å². The molecule has 0 atom stereocenters. The summed E-state index contributed by atoms with van der Waals surface area (Å²) in [6.45, 7) is 1.39. The summed E-state index contributed by atoms with van der Waals surface area (Å²) in [5, 5.41) is 5.11. The first-order valence-electron chi connectivity index (χ1n) is 12.0. The van der Waals surface area contributed by atoms with Crippen molar-refractivity contribution in [3.63, 3.8) is 0 Å². The van der Waals surface area contributed by atoms with Gasteiger partial charge in [-0.25, -0.2) is 0 Å². The molecule has 0 aliphatic carbocycles. The van der Waals surface area contributed by atoms with Crippen LogP contribution in [0.3, 0.4) is 0 Å². The van der Waals surface area contributed by atoms with Crippen molar-refractivity contribution in [1.82, 2.24) is 4.90 Å². The lowest BCUT2D eigenvalue weighted by atomic mass is 10.2. The van der Waals surface area contributed by atoms with Crippen LogP contribution in [0.5, 0.6) is 11.5 Å². The molecule has 0 radical (unpaired) electrons. The van der Waals surface area contributed by atoms with Crippen LogP contribution in [0.1, 0.15) is 12.5 Å². The van der Waals surface area contributed by atoms with E-state index in [1.54, 1.807) is 55.5 Å². The molecule has 4 rings (SSSR count). The van der Waals surface area contributed by atoms with E-state index in [-0.39, 0.29) is 17.4 Å². The van der Waals surface area contributed by atoms with Gasteiger partial charge in [-0.15, -0.1) is 0 Å². The number of nitrogens with zero attached hydrogens (tertiary/aromatic N) is 1. The van der Waals surface area contributed by atoms with Crippen molar-refractivity contribution >= 4 is 79.7 Å². The molecule has 0 unspecified atom stereocenters. The molecule has 0 bridgehead atoms. The molecular formula is C28H23BrClN3O6S. The summed E-state index contributed by atoms with van der Waals surface area (Å²) >= 11 is 10.2. The number of para-hydroxylation sites is 2. The summed E-state index contributed by atoms with van der Waals surface area (Å²) in [6.07, 6.45) is 1.52. The third-order valence-electron chi connectivity index (χ3n) is 5.36. The van der Waals surface area contributed by atoms with Crippen LogP contribution < -0.4 is 20.1 Å². The van der Waals surface area contributed by atoms with Gasteiger partial charge in [-0.1, -0.05) is 41.9 Å². The van der Waals surface area contributed by atoms with Crippen molar-refractivity contribution in [3.05, 3.63) is 86.7 Å². The number of ether oxygens (including phenoxy) is 2. The highest BCUT2D eigenvalue weighted by Gasteiger charge is 2.36. The zero-order chi connectivity index (χ0) is 28.6. The van der Waals surface area contributed by atoms with E-state index in [9.17, 15) is 19.2 Å². The Kier molecular flexibility index (Phi) is 9.86. The van der Waals surface area contributed by atoms with Crippen molar-refractivity contribution in [3.8, 4) is 11.5 Å². The quantitative estimate of drug-likeness (QED) is 0.253. The highest BCUT2D eigenvalue weighted by molar-refractivity contribution is 9.10. The lowest BCUT2D eigenvalue weighted by Gasteiger charge is -2.15. The second-order valence-corrected chi connectivity index (χ2v) is 10.5. The van der Waals surface area contributed by atoms with E-state index in [1.807, 2.05) is 18.2 Å². The number of thioether (sulfide) groups is 1. The maximum absolute atomic E-state index is 13.0. The van der Waals surface area contributed by atoms with Gasteiger partial charge in [-0.2, -0.15) is 0 Å². The van der Waals surface area contributed by atoms with Crippen LogP contribution in [0.15, 0.2) is 76.1 Å². The van der Waals surface area contributed by atoms with Gasteiger partial charge in [0.2, 0.25) is 5.91 Å². The summed E-state index contributed by atoms with van der Waals surface area (Å²) in [5.74, 6) is -0.857. The molecule has 1 aliphatic rings. The van der Waals surface area contributed by atoms with Crippen LogP contribution in [-0.4, -0.2) is 47.6 Å². The molecule has 0 spiro atoms. The minimum atomic E-state index is -0.601. The Morgan fingerprint density at radius 2 is 1.73 bits per heavy atom. The zero-order valence-electron chi connectivity index (χ0n) is 21.1. The normalized spacial score (nSPS) is 13.9. The summed E-state index contributed by atoms with van der Waals surface area (Å²) in [5.41, 5.74) is 1.57. The molecule has 1 heterocycles. The van der Waals surface area contributed by atoms with E-state index in [2.05, 4.69) is 26.6 Å². The molecule has 3 aromatic rings. The molecule has 1 saturated heterocycles. The van der Waals surface area contributed by atoms with Crippen LogP contribution >= 0.6 is 39.3 Å². The Hall–Kier alpha value is -3.80. The van der Waals surface area contributed by atoms with E-state index in [0.29, 0.717) is 44.5 Å². The van der Waals surface area contributed by atoms with E-state index in [0.717, 1.165) is 16.7 Å². The monoisotopic (exact) mass is 643 g/mol. The van der Waals surface area contributed by atoms with Gasteiger partial charge >= 0.3 is 0 Å². The average molecular weight is 645 g/mol.